The standard InChI is InChI=1S/C24H42N2O/c1-3-4-5-6-7-8-9-10-22-27-24-15-13-23(14-16-24)12-11-17-26-20-18-25(2)19-21-26/h13-16H,3-12,17-22H2,1-2H3. The van der Waals surface area contributed by atoms with Crippen LogP contribution in [0.5, 0.6) is 5.75 Å². The van der Waals surface area contributed by atoms with Crippen molar-refractivity contribution in [2.24, 2.45) is 0 Å². The lowest BCUT2D eigenvalue weighted by atomic mass is 10.1. The summed E-state index contributed by atoms with van der Waals surface area (Å²) >= 11 is 0. The van der Waals surface area contributed by atoms with Crippen LogP contribution >= 0.6 is 0 Å². The predicted molar refractivity (Wildman–Crippen MR) is 117 cm³/mol. The summed E-state index contributed by atoms with van der Waals surface area (Å²) in [5.74, 6) is 1.03. The van der Waals surface area contributed by atoms with Crippen LogP contribution in [0.2, 0.25) is 0 Å². The normalized spacial score (nSPS) is 15.9. The number of hydrogen-bond acceptors (Lipinski definition) is 3. The first-order valence-corrected chi connectivity index (χ1v) is 11.4. The third kappa shape index (κ3) is 10.2. The van der Waals surface area contributed by atoms with E-state index in [-0.39, 0.29) is 0 Å². The maximum absolute atomic E-state index is 5.90. The minimum atomic E-state index is 0.859. The molecule has 2 rings (SSSR count). The fourth-order valence-electron chi connectivity index (χ4n) is 3.76. The highest BCUT2D eigenvalue weighted by atomic mass is 16.5. The van der Waals surface area contributed by atoms with Crippen molar-refractivity contribution in [3.8, 4) is 5.75 Å². The first-order chi connectivity index (χ1) is 13.3. The third-order valence-corrected chi connectivity index (χ3v) is 5.73. The van der Waals surface area contributed by atoms with E-state index >= 15 is 0 Å². The largest absolute Gasteiger partial charge is 0.494 e. The summed E-state index contributed by atoms with van der Waals surface area (Å²) in [6.45, 7) is 9.24. The zero-order chi connectivity index (χ0) is 19.2. The summed E-state index contributed by atoms with van der Waals surface area (Å²) in [6, 6.07) is 8.78. The zero-order valence-electron chi connectivity index (χ0n) is 17.9. The van der Waals surface area contributed by atoms with Gasteiger partial charge in [0.1, 0.15) is 5.75 Å². The molecule has 0 amide bonds. The van der Waals surface area contributed by atoms with E-state index in [4.69, 9.17) is 4.74 Å². The summed E-state index contributed by atoms with van der Waals surface area (Å²) in [4.78, 5) is 5.02. The van der Waals surface area contributed by atoms with Gasteiger partial charge in [-0.2, -0.15) is 0 Å². The zero-order valence-corrected chi connectivity index (χ0v) is 17.9. The van der Waals surface area contributed by atoms with Crippen LogP contribution in [0.3, 0.4) is 0 Å². The van der Waals surface area contributed by atoms with Crippen molar-refractivity contribution in [2.75, 3.05) is 46.4 Å². The highest BCUT2D eigenvalue weighted by Gasteiger charge is 2.12. The summed E-state index contributed by atoms with van der Waals surface area (Å²) in [5, 5.41) is 0. The molecule has 1 aliphatic rings. The summed E-state index contributed by atoms with van der Waals surface area (Å²) in [6.07, 6.45) is 13.2. The Morgan fingerprint density at radius 2 is 1.41 bits per heavy atom. The second kappa shape index (κ2) is 14.0. The molecule has 0 spiro atoms. The molecule has 1 aromatic rings. The van der Waals surface area contributed by atoms with Crippen molar-refractivity contribution in [2.45, 2.75) is 71.1 Å². The number of likely N-dealkylation sites (N-methyl/N-ethyl adjacent to an activating group) is 1. The van der Waals surface area contributed by atoms with Crippen molar-refractivity contribution in [3.63, 3.8) is 0 Å². The van der Waals surface area contributed by atoms with Crippen LogP contribution in [-0.2, 0) is 6.42 Å². The Labute approximate surface area is 168 Å². The van der Waals surface area contributed by atoms with Crippen LogP contribution in [-0.4, -0.2) is 56.2 Å². The Morgan fingerprint density at radius 3 is 2.07 bits per heavy atom. The van der Waals surface area contributed by atoms with Gasteiger partial charge in [0.15, 0.2) is 0 Å². The van der Waals surface area contributed by atoms with E-state index in [2.05, 4.69) is 48.0 Å². The molecule has 0 N–H and O–H groups in total. The molecule has 0 radical (unpaired) electrons. The van der Waals surface area contributed by atoms with E-state index in [0.717, 1.165) is 12.4 Å². The maximum atomic E-state index is 5.90. The lowest BCUT2D eigenvalue weighted by Gasteiger charge is -2.32. The smallest absolute Gasteiger partial charge is 0.119 e. The second-order valence-corrected chi connectivity index (χ2v) is 8.22. The van der Waals surface area contributed by atoms with Gasteiger partial charge in [0.25, 0.3) is 0 Å². The van der Waals surface area contributed by atoms with Crippen molar-refractivity contribution in [3.05, 3.63) is 29.8 Å². The molecule has 27 heavy (non-hydrogen) atoms. The maximum Gasteiger partial charge on any atom is 0.119 e. The highest BCUT2D eigenvalue weighted by Crippen LogP contribution is 2.15. The van der Waals surface area contributed by atoms with Crippen LogP contribution in [0.1, 0.15) is 70.3 Å². The van der Waals surface area contributed by atoms with E-state index in [1.165, 1.54) is 102 Å². The van der Waals surface area contributed by atoms with Gasteiger partial charge in [-0.3, -0.25) is 0 Å². The molecule has 1 aromatic carbocycles. The number of nitrogens with zero attached hydrogens (tertiary/aromatic N) is 2. The molecule has 1 fully saturated rings. The Balaban J connectivity index is 1.48. The SMILES string of the molecule is CCCCCCCCCCOc1ccc(CCCN2CCN(C)CC2)cc1. The van der Waals surface area contributed by atoms with Crippen LogP contribution in [0, 0.1) is 0 Å². The fraction of sp³-hybridized carbons (Fsp3) is 0.750. The van der Waals surface area contributed by atoms with Gasteiger partial charge < -0.3 is 14.5 Å². The van der Waals surface area contributed by atoms with Gasteiger partial charge in [0.2, 0.25) is 0 Å². The quantitative estimate of drug-likeness (QED) is 0.406. The molecule has 0 aromatic heterocycles. The lowest BCUT2D eigenvalue weighted by Crippen LogP contribution is -2.44. The van der Waals surface area contributed by atoms with Gasteiger partial charge in [-0.15, -0.1) is 0 Å². The van der Waals surface area contributed by atoms with Gasteiger partial charge in [0.05, 0.1) is 6.61 Å². The summed E-state index contributed by atoms with van der Waals surface area (Å²) in [7, 11) is 2.22. The molecule has 1 heterocycles. The number of piperazine rings is 1. The van der Waals surface area contributed by atoms with Gasteiger partial charge in [-0.05, 0) is 50.6 Å². The molecule has 0 saturated carbocycles. The highest BCUT2D eigenvalue weighted by molar-refractivity contribution is 5.27. The molecule has 0 aliphatic carbocycles. The Hall–Kier alpha value is -1.06. The third-order valence-electron chi connectivity index (χ3n) is 5.73. The van der Waals surface area contributed by atoms with E-state index in [9.17, 15) is 0 Å². The summed E-state index contributed by atoms with van der Waals surface area (Å²) in [5.41, 5.74) is 1.43. The van der Waals surface area contributed by atoms with E-state index in [1.807, 2.05) is 0 Å². The number of unbranched alkanes of at least 4 members (excludes halogenated alkanes) is 7. The summed E-state index contributed by atoms with van der Waals surface area (Å²) < 4.78 is 5.90. The molecular weight excluding hydrogens is 332 g/mol. The molecule has 154 valence electrons. The fourth-order valence-corrected chi connectivity index (χ4v) is 3.76. The van der Waals surface area contributed by atoms with Crippen molar-refractivity contribution < 1.29 is 4.74 Å². The van der Waals surface area contributed by atoms with E-state index < -0.39 is 0 Å². The van der Waals surface area contributed by atoms with Crippen LogP contribution in [0.4, 0.5) is 0 Å². The molecule has 3 nitrogen and oxygen atoms in total. The number of hydrogen-bond donors (Lipinski definition) is 0. The average molecular weight is 375 g/mol. The van der Waals surface area contributed by atoms with Gasteiger partial charge in [-0.25, -0.2) is 0 Å². The average Bonchev–Trinajstić information content (AvgIpc) is 2.69. The van der Waals surface area contributed by atoms with Gasteiger partial charge in [0, 0.05) is 26.2 Å². The number of benzene rings is 1. The van der Waals surface area contributed by atoms with Crippen LogP contribution < -0.4 is 4.74 Å². The van der Waals surface area contributed by atoms with Crippen molar-refractivity contribution in [1.82, 2.24) is 9.80 Å². The monoisotopic (exact) mass is 374 g/mol. The van der Waals surface area contributed by atoms with Crippen LogP contribution in [0.15, 0.2) is 24.3 Å². The van der Waals surface area contributed by atoms with Crippen molar-refractivity contribution in [1.29, 1.82) is 0 Å². The lowest BCUT2D eigenvalue weighted by molar-refractivity contribution is 0.153. The molecule has 0 bridgehead atoms. The first-order valence-electron chi connectivity index (χ1n) is 11.4. The Morgan fingerprint density at radius 1 is 0.778 bits per heavy atom. The van der Waals surface area contributed by atoms with E-state index in [0.29, 0.717) is 0 Å². The molecule has 3 heteroatoms. The number of ether oxygens (including phenoxy) is 1. The minimum absolute atomic E-state index is 0.859. The topological polar surface area (TPSA) is 15.7 Å². The Kier molecular flexibility index (Phi) is 11.5. The minimum Gasteiger partial charge on any atom is -0.494 e. The molecule has 0 atom stereocenters. The molecule has 1 saturated heterocycles. The predicted octanol–water partition coefficient (Wildman–Crippen LogP) is 5.39. The van der Waals surface area contributed by atoms with Gasteiger partial charge >= 0.3 is 0 Å². The van der Waals surface area contributed by atoms with Crippen molar-refractivity contribution >= 4 is 0 Å². The first kappa shape index (κ1) is 22.2. The number of rotatable bonds is 14. The van der Waals surface area contributed by atoms with E-state index in [1.54, 1.807) is 0 Å². The Bertz CT molecular complexity index is 466. The molecule has 0 unspecified atom stereocenters. The second-order valence-electron chi connectivity index (χ2n) is 8.22. The van der Waals surface area contributed by atoms with Gasteiger partial charge in [-0.1, -0.05) is 64.0 Å². The van der Waals surface area contributed by atoms with Crippen LogP contribution in [0.25, 0.3) is 0 Å². The number of aryl methyl sites for hydroxylation is 1. The molecule has 1 aliphatic heterocycles. The molecular formula is C24H42N2O.